The Bertz CT molecular complexity index is 449. The molecule has 3 N–H and O–H groups in total. The van der Waals surface area contributed by atoms with Crippen molar-refractivity contribution in [1.29, 1.82) is 0 Å². The molecule has 0 bridgehead atoms. The standard InChI is InChI=1S/C15H24FN3O/c1-4-19(10-15(20)18-11(2)3)9-12-5-6-14(16)13(7-12)8-17/h5-7,11H,4,8-10,17H2,1-3H3,(H,18,20). The molecule has 1 rings (SSSR count). The molecule has 0 fully saturated rings. The molecule has 1 amide bonds. The predicted octanol–water partition coefficient (Wildman–Crippen LogP) is 1.63. The molecule has 0 unspecified atom stereocenters. The number of halogens is 1. The van der Waals surface area contributed by atoms with Crippen LogP contribution in [0.25, 0.3) is 0 Å². The molecule has 0 aliphatic heterocycles. The summed E-state index contributed by atoms with van der Waals surface area (Å²) >= 11 is 0. The molecule has 0 saturated heterocycles. The first-order valence-electron chi connectivity index (χ1n) is 6.95. The van der Waals surface area contributed by atoms with Crippen molar-refractivity contribution < 1.29 is 9.18 Å². The van der Waals surface area contributed by atoms with Crippen molar-refractivity contribution in [3.8, 4) is 0 Å². The van der Waals surface area contributed by atoms with Gasteiger partial charge in [0.15, 0.2) is 0 Å². The molecule has 0 heterocycles. The van der Waals surface area contributed by atoms with Crippen LogP contribution in [0, 0.1) is 5.82 Å². The van der Waals surface area contributed by atoms with Crippen LogP contribution in [0.2, 0.25) is 0 Å². The molecular weight excluding hydrogens is 257 g/mol. The Morgan fingerprint density at radius 2 is 2.15 bits per heavy atom. The van der Waals surface area contributed by atoms with Gasteiger partial charge in [-0.2, -0.15) is 0 Å². The zero-order valence-electron chi connectivity index (χ0n) is 12.4. The third kappa shape index (κ3) is 5.27. The molecule has 0 aliphatic rings. The number of hydrogen-bond acceptors (Lipinski definition) is 3. The lowest BCUT2D eigenvalue weighted by molar-refractivity contribution is -0.122. The largest absolute Gasteiger partial charge is 0.353 e. The highest BCUT2D eigenvalue weighted by atomic mass is 19.1. The lowest BCUT2D eigenvalue weighted by Gasteiger charge is -2.21. The number of likely N-dealkylation sites (N-methyl/N-ethyl adjacent to an activating group) is 1. The van der Waals surface area contributed by atoms with Crippen molar-refractivity contribution in [2.75, 3.05) is 13.1 Å². The molecular formula is C15H24FN3O. The van der Waals surface area contributed by atoms with Crippen LogP contribution in [0.4, 0.5) is 4.39 Å². The van der Waals surface area contributed by atoms with E-state index in [1.807, 2.05) is 25.7 Å². The fourth-order valence-electron chi connectivity index (χ4n) is 1.99. The summed E-state index contributed by atoms with van der Waals surface area (Å²) in [7, 11) is 0. The topological polar surface area (TPSA) is 58.4 Å². The fraction of sp³-hybridized carbons (Fsp3) is 0.533. The normalized spacial score (nSPS) is 11.2. The molecule has 0 aromatic heterocycles. The van der Waals surface area contributed by atoms with Crippen LogP contribution in [0.15, 0.2) is 18.2 Å². The van der Waals surface area contributed by atoms with E-state index in [0.29, 0.717) is 18.7 Å². The van der Waals surface area contributed by atoms with Crippen molar-refractivity contribution in [2.24, 2.45) is 5.73 Å². The first kappa shape index (κ1) is 16.6. The number of nitrogens with one attached hydrogen (secondary N) is 1. The number of nitrogens with zero attached hydrogens (tertiary/aromatic N) is 1. The molecule has 0 aliphatic carbocycles. The molecule has 20 heavy (non-hydrogen) atoms. The molecule has 4 nitrogen and oxygen atoms in total. The Balaban J connectivity index is 2.66. The molecule has 0 spiro atoms. The number of benzene rings is 1. The number of carbonyl (C=O) groups is 1. The number of nitrogens with two attached hydrogens (primary N) is 1. The van der Waals surface area contributed by atoms with Gasteiger partial charge in [0.1, 0.15) is 5.82 Å². The number of carbonyl (C=O) groups excluding carboxylic acids is 1. The van der Waals surface area contributed by atoms with E-state index in [1.165, 1.54) is 6.07 Å². The third-order valence-electron chi connectivity index (χ3n) is 3.00. The summed E-state index contributed by atoms with van der Waals surface area (Å²) in [5.41, 5.74) is 6.97. The van der Waals surface area contributed by atoms with Crippen LogP contribution in [-0.4, -0.2) is 29.9 Å². The van der Waals surface area contributed by atoms with Crippen LogP contribution in [0.5, 0.6) is 0 Å². The zero-order chi connectivity index (χ0) is 15.1. The van der Waals surface area contributed by atoms with Crippen LogP contribution in [0.1, 0.15) is 31.9 Å². The Kier molecular flexibility index (Phi) is 6.61. The van der Waals surface area contributed by atoms with Crippen molar-refractivity contribution in [3.63, 3.8) is 0 Å². The van der Waals surface area contributed by atoms with E-state index in [-0.39, 0.29) is 24.3 Å². The molecule has 1 aromatic carbocycles. The monoisotopic (exact) mass is 281 g/mol. The highest BCUT2D eigenvalue weighted by molar-refractivity contribution is 5.78. The van der Waals surface area contributed by atoms with Crippen LogP contribution >= 0.6 is 0 Å². The SMILES string of the molecule is CCN(CC(=O)NC(C)C)Cc1ccc(F)c(CN)c1. The Morgan fingerprint density at radius 1 is 1.45 bits per heavy atom. The Morgan fingerprint density at radius 3 is 2.70 bits per heavy atom. The summed E-state index contributed by atoms with van der Waals surface area (Å²) < 4.78 is 13.4. The maximum absolute atomic E-state index is 13.4. The van der Waals surface area contributed by atoms with Gasteiger partial charge in [0.05, 0.1) is 6.54 Å². The van der Waals surface area contributed by atoms with E-state index in [9.17, 15) is 9.18 Å². The predicted molar refractivity (Wildman–Crippen MR) is 78.5 cm³/mol. The van der Waals surface area contributed by atoms with Crippen molar-refractivity contribution >= 4 is 5.91 Å². The van der Waals surface area contributed by atoms with Gasteiger partial charge in [-0.3, -0.25) is 9.69 Å². The average molecular weight is 281 g/mol. The van der Waals surface area contributed by atoms with Crippen LogP contribution < -0.4 is 11.1 Å². The maximum atomic E-state index is 13.4. The van der Waals surface area contributed by atoms with Gasteiger partial charge < -0.3 is 11.1 Å². The van der Waals surface area contributed by atoms with Gasteiger partial charge in [-0.25, -0.2) is 4.39 Å². The summed E-state index contributed by atoms with van der Waals surface area (Å²) in [5, 5.41) is 2.86. The average Bonchev–Trinajstić information content (AvgIpc) is 2.39. The van der Waals surface area contributed by atoms with E-state index in [0.717, 1.165) is 12.1 Å². The second-order valence-corrected chi connectivity index (χ2v) is 5.16. The number of hydrogen-bond donors (Lipinski definition) is 2. The number of rotatable bonds is 7. The maximum Gasteiger partial charge on any atom is 0.234 e. The minimum Gasteiger partial charge on any atom is -0.353 e. The Hall–Kier alpha value is -1.46. The summed E-state index contributed by atoms with van der Waals surface area (Å²) in [4.78, 5) is 13.8. The third-order valence-corrected chi connectivity index (χ3v) is 3.00. The smallest absolute Gasteiger partial charge is 0.234 e. The highest BCUT2D eigenvalue weighted by Gasteiger charge is 2.11. The fourth-order valence-corrected chi connectivity index (χ4v) is 1.99. The van der Waals surface area contributed by atoms with Gasteiger partial charge in [-0.15, -0.1) is 0 Å². The lowest BCUT2D eigenvalue weighted by atomic mass is 10.1. The molecule has 112 valence electrons. The zero-order valence-corrected chi connectivity index (χ0v) is 12.4. The van der Waals surface area contributed by atoms with Crippen molar-refractivity contribution in [3.05, 3.63) is 35.1 Å². The van der Waals surface area contributed by atoms with Gasteiger partial charge in [-0.05, 0) is 32.0 Å². The Labute approximate surface area is 120 Å². The second kappa shape index (κ2) is 7.97. The molecule has 5 heteroatoms. The first-order valence-corrected chi connectivity index (χ1v) is 6.95. The van der Waals surface area contributed by atoms with Crippen molar-refractivity contribution in [2.45, 2.75) is 39.9 Å². The van der Waals surface area contributed by atoms with Crippen LogP contribution in [0.3, 0.4) is 0 Å². The van der Waals surface area contributed by atoms with E-state index in [2.05, 4.69) is 5.32 Å². The van der Waals surface area contributed by atoms with Gasteiger partial charge in [0.25, 0.3) is 0 Å². The summed E-state index contributed by atoms with van der Waals surface area (Å²) in [6.07, 6.45) is 0. The van der Waals surface area contributed by atoms with E-state index < -0.39 is 0 Å². The summed E-state index contributed by atoms with van der Waals surface area (Å²) in [5.74, 6) is -0.278. The quantitative estimate of drug-likeness (QED) is 0.798. The number of amides is 1. The molecule has 0 radical (unpaired) electrons. The molecule has 1 aromatic rings. The summed E-state index contributed by atoms with van der Waals surface area (Å²) in [6, 6.07) is 5.06. The second-order valence-electron chi connectivity index (χ2n) is 5.16. The van der Waals surface area contributed by atoms with Crippen molar-refractivity contribution in [1.82, 2.24) is 10.2 Å². The first-order chi connectivity index (χ1) is 9.46. The van der Waals surface area contributed by atoms with Gasteiger partial charge in [0, 0.05) is 24.7 Å². The lowest BCUT2D eigenvalue weighted by Crippen LogP contribution is -2.39. The molecule has 0 atom stereocenters. The van der Waals surface area contributed by atoms with Gasteiger partial charge in [-0.1, -0.05) is 19.1 Å². The summed E-state index contributed by atoms with van der Waals surface area (Å²) in [6.45, 7) is 7.74. The highest BCUT2D eigenvalue weighted by Crippen LogP contribution is 2.12. The van der Waals surface area contributed by atoms with E-state index in [1.54, 1.807) is 12.1 Å². The minimum absolute atomic E-state index is 0.00279. The van der Waals surface area contributed by atoms with Gasteiger partial charge in [0.2, 0.25) is 5.91 Å². The van der Waals surface area contributed by atoms with E-state index in [4.69, 9.17) is 5.73 Å². The van der Waals surface area contributed by atoms with Gasteiger partial charge >= 0.3 is 0 Å². The minimum atomic E-state index is -0.281. The van der Waals surface area contributed by atoms with E-state index >= 15 is 0 Å². The van der Waals surface area contributed by atoms with Crippen LogP contribution in [-0.2, 0) is 17.9 Å². The molecule has 0 saturated carbocycles.